The van der Waals surface area contributed by atoms with Gasteiger partial charge in [0.05, 0.1) is 5.56 Å². The van der Waals surface area contributed by atoms with Gasteiger partial charge in [0.15, 0.2) is 0 Å². The number of carbonyl (C=O) groups excluding carboxylic acids is 1. The number of carbonyl (C=O) groups is 1. The van der Waals surface area contributed by atoms with E-state index in [0.29, 0.717) is 11.1 Å². The molecule has 1 fully saturated rings. The second kappa shape index (κ2) is 8.71. The molecular formula is C25H25F3N2O. The van der Waals surface area contributed by atoms with Crippen molar-refractivity contribution in [3.05, 3.63) is 71.8 Å². The number of rotatable bonds is 5. The molecule has 0 saturated carbocycles. The van der Waals surface area contributed by atoms with Crippen LogP contribution < -0.4 is 5.32 Å². The maximum atomic E-state index is 12.9. The minimum absolute atomic E-state index is 0.0554. The van der Waals surface area contributed by atoms with Crippen molar-refractivity contribution in [2.75, 3.05) is 19.6 Å². The van der Waals surface area contributed by atoms with Crippen LogP contribution in [-0.2, 0) is 6.18 Å². The number of hydrogen-bond donors (Lipinski definition) is 1. The highest BCUT2D eigenvalue weighted by Gasteiger charge is 2.30. The molecule has 1 aliphatic heterocycles. The van der Waals surface area contributed by atoms with E-state index in [9.17, 15) is 18.0 Å². The van der Waals surface area contributed by atoms with Crippen LogP contribution in [0.5, 0.6) is 0 Å². The largest absolute Gasteiger partial charge is 0.416 e. The highest BCUT2D eigenvalue weighted by atomic mass is 19.4. The average molecular weight is 426 g/mol. The van der Waals surface area contributed by atoms with E-state index in [0.717, 1.165) is 48.1 Å². The smallest absolute Gasteiger partial charge is 0.348 e. The Labute approximate surface area is 179 Å². The van der Waals surface area contributed by atoms with Gasteiger partial charge in [-0.25, -0.2) is 0 Å². The van der Waals surface area contributed by atoms with Crippen LogP contribution in [0.2, 0.25) is 0 Å². The van der Waals surface area contributed by atoms with E-state index < -0.39 is 11.7 Å². The quantitative estimate of drug-likeness (QED) is 0.564. The van der Waals surface area contributed by atoms with E-state index in [1.54, 1.807) is 6.07 Å². The summed E-state index contributed by atoms with van der Waals surface area (Å²) in [5, 5.41) is 4.83. The van der Waals surface area contributed by atoms with Gasteiger partial charge >= 0.3 is 6.18 Å². The fourth-order valence-electron chi connectivity index (χ4n) is 4.22. The molecule has 0 bridgehead atoms. The van der Waals surface area contributed by atoms with Crippen LogP contribution in [0.1, 0.15) is 35.7 Å². The molecule has 3 aromatic rings. The summed E-state index contributed by atoms with van der Waals surface area (Å²) in [6, 6.07) is 16.3. The van der Waals surface area contributed by atoms with Crippen LogP contribution in [0.3, 0.4) is 0 Å². The molecule has 4 rings (SSSR count). The molecule has 1 atom stereocenters. The van der Waals surface area contributed by atoms with Crippen LogP contribution in [0.25, 0.3) is 21.9 Å². The third-order valence-electron chi connectivity index (χ3n) is 5.77. The molecule has 3 aromatic carbocycles. The summed E-state index contributed by atoms with van der Waals surface area (Å²) >= 11 is 0. The van der Waals surface area contributed by atoms with E-state index in [4.69, 9.17) is 0 Å². The maximum Gasteiger partial charge on any atom is 0.416 e. The normalized spacial score (nSPS) is 15.9. The Morgan fingerprint density at radius 1 is 1.03 bits per heavy atom. The van der Waals surface area contributed by atoms with Crippen molar-refractivity contribution in [2.24, 2.45) is 0 Å². The van der Waals surface area contributed by atoms with Gasteiger partial charge in [-0.2, -0.15) is 13.2 Å². The summed E-state index contributed by atoms with van der Waals surface area (Å²) in [6.45, 7) is 5.03. The highest BCUT2D eigenvalue weighted by molar-refractivity contribution is 6.02. The molecule has 0 spiro atoms. The Morgan fingerprint density at radius 3 is 2.42 bits per heavy atom. The summed E-state index contributed by atoms with van der Waals surface area (Å²) in [5.74, 6) is -0.117. The van der Waals surface area contributed by atoms with Gasteiger partial charge in [-0.05, 0) is 79.0 Å². The zero-order valence-corrected chi connectivity index (χ0v) is 17.4. The number of nitrogens with one attached hydrogen (secondary N) is 1. The van der Waals surface area contributed by atoms with E-state index >= 15 is 0 Å². The van der Waals surface area contributed by atoms with Crippen LogP contribution in [0.15, 0.2) is 60.7 Å². The topological polar surface area (TPSA) is 32.3 Å². The predicted molar refractivity (Wildman–Crippen MR) is 117 cm³/mol. The lowest BCUT2D eigenvalue weighted by Gasteiger charge is -2.21. The molecule has 1 N–H and O–H groups in total. The summed E-state index contributed by atoms with van der Waals surface area (Å²) < 4.78 is 38.6. The fraction of sp³-hybridized carbons (Fsp3) is 0.320. The summed E-state index contributed by atoms with van der Waals surface area (Å²) in [5.41, 5.74) is 1.44. The molecule has 1 amide bonds. The van der Waals surface area contributed by atoms with Gasteiger partial charge in [-0.1, -0.05) is 36.4 Å². The van der Waals surface area contributed by atoms with Gasteiger partial charge in [0.25, 0.3) is 5.91 Å². The summed E-state index contributed by atoms with van der Waals surface area (Å²) in [6.07, 6.45) is -1.93. The number of benzene rings is 3. The Hall–Kier alpha value is -2.86. The second-order valence-electron chi connectivity index (χ2n) is 8.20. The van der Waals surface area contributed by atoms with Crippen molar-refractivity contribution in [3.8, 4) is 11.1 Å². The van der Waals surface area contributed by atoms with Gasteiger partial charge in [0.1, 0.15) is 0 Å². The monoisotopic (exact) mass is 426 g/mol. The lowest BCUT2D eigenvalue weighted by atomic mass is 9.96. The van der Waals surface area contributed by atoms with Gasteiger partial charge in [-0.3, -0.25) is 4.79 Å². The van der Waals surface area contributed by atoms with Crippen molar-refractivity contribution >= 4 is 16.7 Å². The zero-order chi connectivity index (χ0) is 22.0. The summed E-state index contributed by atoms with van der Waals surface area (Å²) in [7, 11) is 0. The Kier molecular flexibility index (Phi) is 6.01. The first-order chi connectivity index (χ1) is 14.8. The van der Waals surface area contributed by atoms with Gasteiger partial charge in [0.2, 0.25) is 0 Å². The number of fused-ring (bicyclic) bond motifs is 1. The van der Waals surface area contributed by atoms with Crippen molar-refractivity contribution in [1.82, 2.24) is 10.2 Å². The van der Waals surface area contributed by atoms with Gasteiger partial charge in [0, 0.05) is 18.2 Å². The Morgan fingerprint density at radius 2 is 1.74 bits per heavy atom. The molecule has 3 nitrogen and oxygen atoms in total. The number of amides is 1. The Bertz CT molecular complexity index is 1070. The number of halogens is 3. The van der Waals surface area contributed by atoms with Crippen LogP contribution in [-0.4, -0.2) is 36.5 Å². The van der Waals surface area contributed by atoms with Crippen LogP contribution >= 0.6 is 0 Å². The SMILES string of the molecule is CC(CN1CCCC1)NC(=O)c1ccc2c(-c3ccc(C(F)(F)F)cc3)cccc2c1. The molecule has 1 saturated heterocycles. The number of hydrogen-bond acceptors (Lipinski definition) is 2. The Balaban J connectivity index is 1.54. The highest BCUT2D eigenvalue weighted by Crippen LogP contribution is 2.33. The van der Waals surface area contributed by atoms with Gasteiger partial charge in [-0.15, -0.1) is 0 Å². The van der Waals surface area contributed by atoms with Gasteiger partial charge < -0.3 is 10.2 Å². The van der Waals surface area contributed by atoms with E-state index in [1.165, 1.54) is 25.0 Å². The fourth-order valence-corrected chi connectivity index (χ4v) is 4.22. The maximum absolute atomic E-state index is 12.9. The molecular weight excluding hydrogens is 401 g/mol. The van der Waals surface area contributed by atoms with Crippen molar-refractivity contribution in [3.63, 3.8) is 0 Å². The first-order valence-electron chi connectivity index (χ1n) is 10.5. The van der Waals surface area contributed by atoms with E-state index in [-0.39, 0.29) is 11.9 Å². The lowest BCUT2D eigenvalue weighted by Crippen LogP contribution is -2.41. The average Bonchev–Trinajstić information content (AvgIpc) is 3.25. The third-order valence-corrected chi connectivity index (χ3v) is 5.77. The molecule has 162 valence electrons. The minimum atomic E-state index is -4.36. The molecule has 1 unspecified atom stereocenters. The van der Waals surface area contributed by atoms with Crippen molar-refractivity contribution in [1.29, 1.82) is 0 Å². The van der Waals surface area contributed by atoms with Crippen LogP contribution in [0, 0.1) is 0 Å². The molecule has 1 heterocycles. The molecule has 0 radical (unpaired) electrons. The third kappa shape index (κ3) is 4.90. The minimum Gasteiger partial charge on any atom is -0.348 e. The molecule has 6 heteroatoms. The van der Waals surface area contributed by atoms with Crippen molar-refractivity contribution < 1.29 is 18.0 Å². The van der Waals surface area contributed by atoms with Crippen molar-refractivity contribution in [2.45, 2.75) is 32.0 Å². The molecule has 0 aromatic heterocycles. The van der Waals surface area contributed by atoms with E-state index in [1.807, 2.05) is 37.3 Å². The molecule has 1 aliphatic rings. The predicted octanol–water partition coefficient (Wildman–Crippen LogP) is 5.74. The number of nitrogens with zero attached hydrogens (tertiary/aromatic N) is 1. The number of alkyl halides is 3. The lowest BCUT2D eigenvalue weighted by molar-refractivity contribution is -0.137. The molecule has 31 heavy (non-hydrogen) atoms. The molecule has 0 aliphatic carbocycles. The summed E-state index contributed by atoms with van der Waals surface area (Å²) in [4.78, 5) is 15.1. The second-order valence-corrected chi connectivity index (χ2v) is 8.20. The first kappa shape index (κ1) is 21.4. The zero-order valence-electron chi connectivity index (χ0n) is 17.4. The van der Waals surface area contributed by atoms with Crippen LogP contribution in [0.4, 0.5) is 13.2 Å². The standard InChI is InChI=1S/C25H25F3N2O/c1-17(16-30-13-2-3-14-30)29-24(31)20-9-12-23-19(15-20)5-4-6-22(23)18-7-10-21(11-8-18)25(26,27)28/h4-12,15,17H,2-3,13-14,16H2,1H3,(H,29,31). The number of likely N-dealkylation sites (tertiary alicyclic amines) is 1. The van der Waals surface area contributed by atoms with E-state index in [2.05, 4.69) is 10.2 Å². The first-order valence-corrected chi connectivity index (χ1v) is 10.5.